The molecule has 3 nitrogen and oxygen atoms in total. The molecule has 0 aromatic heterocycles. The number of hydrogen-bond donors (Lipinski definition) is 0. The lowest BCUT2D eigenvalue weighted by molar-refractivity contribution is 0.00578. The van der Waals surface area contributed by atoms with E-state index in [1.807, 2.05) is 0 Å². The molecule has 24 heavy (non-hydrogen) atoms. The summed E-state index contributed by atoms with van der Waals surface area (Å²) in [6.07, 6.45) is 5.69. The van der Waals surface area contributed by atoms with E-state index in [4.69, 9.17) is 9.31 Å². The second kappa shape index (κ2) is 5.86. The molecule has 130 valence electrons. The van der Waals surface area contributed by atoms with E-state index in [0.29, 0.717) is 0 Å². The number of benzene rings is 1. The Balaban J connectivity index is 1.42. The zero-order chi connectivity index (χ0) is 16.9. The molecule has 4 aliphatic rings. The summed E-state index contributed by atoms with van der Waals surface area (Å²) in [6.45, 7) is 10.8. The van der Waals surface area contributed by atoms with E-state index in [1.165, 1.54) is 37.8 Å². The smallest absolute Gasteiger partial charge is 0.399 e. The SMILES string of the molecule is CC1(C)OB(c2ccc(CN3CC4CCC3CC4)cc2)OC1(C)C. The van der Waals surface area contributed by atoms with Gasteiger partial charge in [0.25, 0.3) is 0 Å². The number of nitrogens with zero attached hydrogens (tertiary/aromatic N) is 1. The molecule has 4 heteroatoms. The van der Waals surface area contributed by atoms with Crippen LogP contribution < -0.4 is 5.46 Å². The predicted molar refractivity (Wildman–Crippen MR) is 98.3 cm³/mol. The van der Waals surface area contributed by atoms with Crippen LogP contribution in [0.2, 0.25) is 0 Å². The molecule has 3 heterocycles. The van der Waals surface area contributed by atoms with Crippen molar-refractivity contribution in [3.8, 4) is 0 Å². The minimum absolute atomic E-state index is 0.255. The molecule has 1 aromatic carbocycles. The lowest BCUT2D eigenvalue weighted by Gasteiger charge is -2.45. The van der Waals surface area contributed by atoms with Gasteiger partial charge >= 0.3 is 7.12 Å². The lowest BCUT2D eigenvalue weighted by Crippen LogP contribution is -2.47. The summed E-state index contributed by atoms with van der Waals surface area (Å²) in [4.78, 5) is 2.70. The average Bonchev–Trinajstić information content (AvgIpc) is 2.77. The van der Waals surface area contributed by atoms with Crippen LogP contribution in [0.25, 0.3) is 0 Å². The molecule has 5 rings (SSSR count). The Morgan fingerprint density at radius 2 is 1.54 bits per heavy atom. The first-order chi connectivity index (χ1) is 11.3. The first-order valence-electron chi connectivity index (χ1n) is 9.53. The zero-order valence-electron chi connectivity index (χ0n) is 15.5. The second-order valence-corrected chi connectivity index (χ2v) is 8.93. The first kappa shape index (κ1) is 16.6. The fourth-order valence-corrected chi connectivity index (χ4v) is 4.36. The van der Waals surface area contributed by atoms with Crippen molar-refractivity contribution in [3.05, 3.63) is 29.8 Å². The molecule has 1 aliphatic carbocycles. The van der Waals surface area contributed by atoms with Gasteiger partial charge in [-0.25, -0.2) is 0 Å². The quantitative estimate of drug-likeness (QED) is 0.795. The highest BCUT2D eigenvalue weighted by Crippen LogP contribution is 2.37. The number of fused-ring (bicyclic) bond motifs is 3. The Bertz CT molecular complexity index is 574. The van der Waals surface area contributed by atoms with E-state index in [1.54, 1.807) is 0 Å². The summed E-state index contributed by atoms with van der Waals surface area (Å²) < 4.78 is 12.3. The topological polar surface area (TPSA) is 21.7 Å². The Kier molecular flexibility index (Phi) is 4.06. The normalized spacial score (nSPS) is 31.6. The van der Waals surface area contributed by atoms with Gasteiger partial charge in [-0.15, -0.1) is 0 Å². The third-order valence-electron chi connectivity index (χ3n) is 6.72. The van der Waals surface area contributed by atoms with Crippen molar-refractivity contribution in [2.45, 2.75) is 77.2 Å². The molecule has 0 N–H and O–H groups in total. The Morgan fingerprint density at radius 1 is 0.958 bits per heavy atom. The van der Waals surface area contributed by atoms with Crippen LogP contribution >= 0.6 is 0 Å². The van der Waals surface area contributed by atoms with E-state index in [9.17, 15) is 0 Å². The molecule has 0 radical (unpaired) electrons. The molecule has 2 bridgehead atoms. The monoisotopic (exact) mass is 327 g/mol. The van der Waals surface area contributed by atoms with E-state index in [2.05, 4.69) is 56.9 Å². The number of hydrogen-bond acceptors (Lipinski definition) is 3. The van der Waals surface area contributed by atoms with Crippen molar-refractivity contribution in [2.24, 2.45) is 5.92 Å². The van der Waals surface area contributed by atoms with E-state index < -0.39 is 0 Å². The lowest BCUT2D eigenvalue weighted by atomic mass is 9.78. The minimum Gasteiger partial charge on any atom is -0.399 e. The van der Waals surface area contributed by atoms with Crippen LogP contribution in [-0.2, 0) is 15.9 Å². The van der Waals surface area contributed by atoms with Gasteiger partial charge in [0.15, 0.2) is 0 Å². The standard InChI is InChI=1S/C20H30BNO2/c1-19(2)20(3,4)24-21(23-19)17-9-5-15(6-10-17)13-22-14-16-7-11-18(22)12-8-16/h5-6,9-10,16,18H,7-8,11-14H2,1-4H3. The van der Waals surface area contributed by atoms with Crippen molar-refractivity contribution in [3.63, 3.8) is 0 Å². The highest BCUT2D eigenvalue weighted by atomic mass is 16.7. The van der Waals surface area contributed by atoms with Crippen LogP contribution in [0.4, 0.5) is 0 Å². The fourth-order valence-electron chi connectivity index (χ4n) is 4.36. The summed E-state index contributed by atoms with van der Waals surface area (Å²) in [5, 5.41) is 0. The molecule has 0 spiro atoms. The number of rotatable bonds is 3. The molecule has 1 saturated carbocycles. The van der Waals surface area contributed by atoms with Gasteiger partial charge in [-0.2, -0.15) is 0 Å². The number of piperidine rings is 2. The van der Waals surface area contributed by atoms with Crippen molar-refractivity contribution in [1.29, 1.82) is 0 Å². The molecule has 0 atom stereocenters. The highest BCUT2D eigenvalue weighted by molar-refractivity contribution is 6.62. The largest absolute Gasteiger partial charge is 0.494 e. The van der Waals surface area contributed by atoms with Gasteiger partial charge < -0.3 is 9.31 Å². The summed E-state index contributed by atoms with van der Waals surface area (Å²) in [6, 6.07) is 9.68. The molecular weight excluding hydrogens is 297 g/mol. The van der Waals surface area contributed by atoms with E-state index in [0.717, 1.165) is 24.0 Å². The molecule has 3 aliphatic heterocycles. The van der Waals surface area contributed by atoms with Crippen LogP contribution in [0.5, 0.6) is 0 Å². The van der Waals surface area contributed by atoms with E-state index in [-0.39, 0.29) is 18.3 Å². The van der Waals surface area contributed by atoms with Gasteiger partial charge in [-0.3, -0.25) is 4.90 Å². The summed E-state index contributed by atoms with van der Waals surface area (Å²) in [7, 11) is -0.255. The van der Waals surface area contributed by atoms with E-state index >= 15 is 0 Å². The highest BCUT2D eigenvalue weighted by Gasteiger charge is 2.51. The zero-order valence-corrected chi connectivity index (χ0v) is 15.5. The maximum absolute atomic E-state index is 6.15. The summed E-state index contributed by atoms with van der Waals surface area (Å²) >= 11 is 0. The van der Waals surface area contributed by atoms with Gasteiger partial charge in [0.1, 0.15) is 0 Å². The van der Waals surface area contributed by atoms with Gasteiger partial charge in [0.2, 0.25) is 0 Å². The molecule has 0 unspecified atom stereocenters. The minimum atomic E-state index is -0.274. The third kappa shape index (κ3) is 2.93. The maximum Gasteiger partial charge on any atom is 0.494 e. The summed E-state index contributed by atoms with van der Waals surface area (Å²) in [5.41, 5.74) is 1.98. The summed E-state index contributed by atoms with van der Waals surface area (Å²) in [5.74, 6) is 0.944. The van der Waals surface area contributed by atoms with Gasteiger partial charge in [0, 0.05) is 19.1 Å². The Hall–Kier alpha value is -0.835. The Labute approximate surface area is 146 Å². The average molecular weight is 327 g/mol. The predicted octanol–water partition coefficient (Wildman–Crippen LogP) is 3.36. The van der Waals surface area contributed by atoms with Crippen LogP contribution in [0, 0.1) is 5.92 Å². The second-order valence-electron chi connectivity index (χ2n) is 8.93. The maximum atomic E-state index is 6.15. The fraction of sp³-hybridized carbons (Fsp3) is 0.700. The van der Waals surface area contributed by atoms with Crippen LogP contribution in [-0.4, -0.2) is 35.8 Å². The van der Waals surface area contributed by atoms with Crippen molar-refractivity contribution in [1.82, 2.24) is 4.90 Å². The Morgan fingerprint density at radius 3 is 2.04 bits per heavy atom. The van der Waals surface area contributed by atoms with Crippen molar-refractivity contribution in [2.75, 3.05) is 6.54 Å². The van der Waals surface area contributed by atoms with Crippen molar-refractivity contribution < 1.29 is 9.31 Å². The van der Waals surface area contributed by atoms with Crippen LogP contribution in [0.15, 0.2) is 24.3 Å². The van der Waals surface area contributed by atoms with Gasteiger partial charge in [-0.05, 0) is 70.3 Å². The molecule has 0 amide bonds. The molecule has 1 aromatic rings. The molecular formula is C20H30BNO2. The third-order valence-corrected chi connectivity index (χ3v) is 6.72. The van der Waals surface area contributed by atoms with Gasteiger partial charge in [-0.1, -0.05) is 24.3 Å². The molecule has 4 fully saturated rings. The first-order valence-corrected chi connectivity index (χ1v) is 9.53. The van der Waals surface area contributed by atoms with Crippen molar-refractivity contribution >= 4 is 12.6 Å². The molecule has 3 saturated heterocycles. The van der Waals surface area contributed by atoms with Gasteiger partial charge in [0.05, 0.1) is 11.2 Å². The van der Waals surface area contributed by atoms with Crippen LogP contribution in [0.3, 0.4) is 0 Å². The van der Waals surface area contributed by atoms with Crippen LogP contribution in [0.1, 0.15) is 58.9 Å².